The Morgan fingerprint density at radius 2 is 1.79 bits per heavy atom. The van der Waals surface area contributed by atoms with Crippen molar-refractivity contribution in [3.8, 4) is 5.69 Å². The molecular formula is C13H10F3IN2. The van der Waals surface area contributed by atoms with Gasteiger partial charge in [0.2, 0.25) is 0 Å². The largest absolute Gasteiger partial charge is 0.435 e. The molecule has 0 spiro atoms. The maximum absolute atomic E-state index is 12.8. The topological polar surface area (TPSA) is 17.8 Å². The van der Waals surface area contributed by atoms with Crippen molar-refractivity contribution in [3.63, 3.8) is 0 Å². The number of nitrogens with zero attached hydrogens (tertiary/aromatic N) is 2. The summed E-state index contributed by atoms with van der Waals surface area (Å²) in [7, 11) is 0. The Balaban J connectivity index is 2.08. The Bertz CT molecular complexity index is 597. The molecule has 0 bridgehead atoms. The molecule has 1 aromatic carbocycles. The monoisotopic (exact) mass is 378 g/mol. The number of hydrogen-bond donors (Lipinski definition) is 0. The van der Waals surface area contributed by atoms with Gasteiger partial charge in [0.25, 0.3) is 0 Å². The molecule has 0 saturated heterocycles. The van der Waals surface area contributed by atoms with Crippen LogP contribution in [0.15, 0.2) is 30.3 Å². The molecule has 3 rings (SSSR count). The van der Waals surface area contributed by atoms with Crippen molar-refractivity contribution in [2.75, 3.05) is 0 Å². The summed E-state index contributed by atoms with van der Waals surface area (Å²) in [4.78, 5) is 0. The summed E-state index contributed by atoms with van der Waals surface area (Å²) in [5.74, 6) is 0.211. The van der Waals surface area contributed by atoms with Crippen molar-refractivity contribution in [2.45, 2.75) is 24.9 Å². The predicted molar refractivity (Wildman–Crippen MR) is 73.3 cm³/mol. The van der Waals surface area contributed by atoms with Gasteiger partial charge in [-0.05, 0) is 65.8 Å². The van der Waals surface area contributed by atoms with Crippen molar-refractivity contribution in [3.05, 3.63) is 45.3 Å². The number of alkyl halides is 3. The molecular weight excluding hydrogens is 368 g/mol. The van der Waals surface area contributed by atoms with Crippen molar-refractivity contribution < 1.29 is 13.2 Å². The van der Waals surface area contributed by atoms with Gasteiger partial charge >= 0.3 is 6.18 Å². The molecule has 2 nitrogen and oxygen atoms in total. The molecule has 0 aliphatic heterocycles. The van der Waals surface area contributed by atoms with E-state index in [2.05, 4.69) is 27.7 Å². The van der Waals surface area contributed by atoms with Crippen molar-refractivity contribution in [1.82, 2.24) is 9.78 Å². The first-order chi connectivity index (χ1) is 8.95. The number of halogens is 4. The zero-order valence-corrected chi connectivity index (χ0v) is 11.9. The highest BCUT2D eigenvalue weighted by Gasteiger charge is 2.38. The lowest BCUT2D eigenvalue weighted by Crippen LogP contribution is -2.07. The van der Waals surface area contributed by atoms with Gasteiger partial charge < -0.3 is 0 Å². The zero-order valence-electron chi connectivity index (χ0n) is 9.78. The van der Waals surface area contributed by atoms with Crippen LogP contribution in [0.4, 0.5) is 13.2 Å². The molecule has 0 N–H and O–H groups in total. The van der Waals surface area contributed by atoms with Crippen LogP contribution < -0.4 is 0 Å². The molecule has 1 saturated carbocycles. The Morgan fingerprint density at radius 1 is 1.16 bits per heavy atom. The third-order valence-corrected chi connectivity index (χ3v) is 3.81. The summed E-state index contributed by atoms with van der Waals surface area (Å²) in [6.07, 6.45) is -2.52. The molecule has 100 valence electrons. The summed E-state index contributed by atoms with van der Waals surface area (Å²) < 4.78 is 40.8. The zero-order chi connectivity index (χ0) is 13.6. The Labute approximate surface area is 121 Å². The van der Waals surface area contributed by atoms with Gasteiger partial charge in [0.1, 0.15) is 0 Å². The van der Waals surface area contributed by atoms with E-state index in [1.165, 1.54) is 10.7 Å². The fourth-order valence-electron chi connectivity index (χ4n) is 1.99. The van der Waals surface area contributed by atoms with E-state index in [9.17, 15) is 13.2 Å². The highest BCUT2D eigenvalue weighted by atomic mass is 127. The van der Waals surface area contributed by atoms with Crippen molar-refractivity contribution >= 4 is 22.6 Å². The van der Waals surface area contributed by atoms with Gasteiger partial charge in [-0.1, -0.05) is 0 Å². The lowest BCUT2D eigenvalue weighted by molar-refractivity contribution is -0.141. The Morgan fingerprint density at radius 3 is 2.32 bits per heavy atom. The average Bonchev–Trinajstić information content (AvgIpc) is 3.08. The van der Waals surface area contributed by atoms with E-state index in [1.807, 2.05) is 12.1 Å². The number of benzene rings is 1. The third-order valence-electron chi connectivity index (χ3n) is 3.09. The second-order valence-electron chi connectivity index (χ2n) is 4.61. The summed E-state index contributed by atoms with van der Waals surface area (Å²) in [5, 5.41) is 3.73. The lowest BCUT2D eigenvalue weighted by atomic mass is 10.2. The maximum atomic E-state index is 12.8. The molecule has 0 radical (unpaired) electrons. The summed E-state index contributed by atoms with van der Waals surface area (Å²) >= 11 is 2.16. The number of hydrogen-bond acceptors (Lipinski definition) is 1. The van der Waals surface area contributed by atoms with Crippen LogP contribution in [0.2, 0.25) is 0 Å². The molecule has 0 atom stereocenters. The second kappa shape index (κ2) is 4.50. The van der Waals surface area contributed by atoms with Gasteiger partial charge in [-0.15, -0.1) is 0 Å². The van der Waals surface area contributed by atoms with Crippen LogP contribution in [-0.2, 0) is 6.18 Å². The molecule has 19 heavy (non-hydrogen) atoms. The first-order valence-corrected chi connectivity index (χ1v) is 6.96. The van der Waals surface area contributed by atoms with E-state index in [1.54, 1.807) is 12.1 Å². The third kappa shape index (κ3) is 2.63. The fraction of sp³-hybridized carbons (Fsp3) is 0.308. The van der Waals surface area contributed by atoms with E-state index < -0.39 is 11.9 Å². The molecule has 2 aromatic rings. The van der Waals surface area contributed by atoms with E-state index >= 15 is 0 Å². The molecule has 1 fully saturated rings. The minimum atomic E-state index is -4.39. The average molecular weight is 378 g/mol. The molecule has 6 heteroatoms. The summed E-state index contributed by atoms with van der Waals surface area (Å²) in [5.41, 5.74) is 0.527. The van der Waals surface area contributed by atoms with Gasteiger partial charge in [-0.3, -0.25) is 0 Å². The molecule has 1 aromatic heterocycles. The van der Waals surface area contributed by atoms with E-state index in [0.717, 1.165) is 16.4 Å². The predicted octanol–water partition coefficient (Wildman–Crippen LogP) is 4.37. The molecule has 1 heterocycles. The van der Waals surface area contributed by atoms with Crippen LogP contribution in [0, 0.1) is 3.57 Å². The highest BCUT2D eigenvalue weighted by Crippen LogP contribution is 2.42. The van der Waals surface area contributed by atoms with Gasteiger partial charge in [0.15, 0.2) is 5.69 Å². The van der Waals surface area contributed by atoms with Gasteiger partial charge in [0, 0.05) is 15.2 Å². The van der Waals surface area contributed by atoms with Crippen LogP contribution in [0.3, 0.4) is 0 Å². The fourth-order valence-corrected chi connectivity index (χ4v) is 2.35. The van der Waals surface area contributed by atoms with Crippen molar-refractivity contribution in [1.29, 1.82) is 0 Å². The summed E-state index contributed by atoms with van der Waals surface area (Å²) in [6, 6.07) is 8.49. The standard InChI is InChI=1S/C13H10F3IN2/c14-13(15,16)12-7-11(8-1-2-8)19(18-12)10-5-3-9(17)4-6-10/h3-8H,1-2H2. The van der Waals surface area contributed by atoms with Gasteiger partial charge in [-0.25, -0.2) is 4.68 Å². The highest BCUT2D eigenvalue weighted by molar-refractivity contribution is 14.1. The number of rotatable bonds is 2. The van der Waals surface area contributed by atoms with Crippen LogP contribution in [0.1, 0.15) is 30.1 Å². The normalized spacial score (nSPS) is 15.8. The minimum absolute atomic E-state index is 0.211. The Kier molecular flexibility index (Phi) is 3.07. The second-order valence-corrected chi connectivity index (χ2v) is 5.86. The Hall–Kier alpha value is -1.05. The molecule has 0 amide bonds. The SMILES string of the molecule is FC(F)(F)c1cc(C2CC2)n(-c2ccc(I)cc2)n1. The molecule has 1 aliphatic rings. The first kappa shape index (κ1) is 13.0. The minimum Gasteiger partial charge on any atom is -0.237 e. The van der Waals surface area contributed by atoms with Crippen LogP contribution in [0.25, 0.3) is 5.69 Å². The lowest BCUT2D eigenvalue weighted by Gasteiger charge is -2.06. The quantitative estimate of drug-likeness (QED) is 0.710. The van der Waals surface area contributed by atoms with Crippen molar-refractivity contribution in [2.24, 2.45) is 0 Å². The maximum Gasteiger partial charge on any atom is 0.435 e. The van der Waals surface area contributed by atoms with Gasteiger partial charge in [-0.2, -0.15) is 18.3 Å². The van der Waals surface area contributed by atoms with Crippen LogP contribution in [0.5, 0.6) is 0 Å². The molecule has 1 aliphatic carbocycles. The van der Waals surface area contributed by atoms with E-state index in [-0.39, 0.29) is 5.92 Å². The summed E-state index contributed by atoms with van der Waals surface area (Å²) in [6.45, 7) is 0. The van der Waals surface area contributed by atoms with E-state index in [0.29, 0.717) is 11.4 Å². The first-order valence-electron chi connectivity index (χ1n) is 5.88. The number of aromatic nitrogens is 2. The van der Waals surface area contributed by atoms with Crippen LogP contribution >= 0.6 is 22.6 Å². The van der Waals surface area contributed by atoms with Gasteiger partial charge in [0.05, 0.1) is 5.69 Å². The smallest absolute Gasteiger partial charge is 0.237 e. The molecule has 0 unspecified atom stereocenters. The van der Waals surface area contributed by atoms with Crippen LogP contribution in [-0.4, -0.2) is 9.78 Å². The van der Waals surface area contributed by atoms with E-state index in [4.69, 9.17) is 0 Å².